The van der Waals surface area contributed by atoms with E-state index < -0.39 is 5.92 Å². The Bertz CT molecular complexity index is 1150. The number of carbonyl (C=O) groups is 1. The average Bonchev–Trinajstić information content (AvgIpc) is 3.20. The molecule has 1 aromatic carbocycles. The van der Waals surface area contributed by atoms with Gasteiger partial charge in [-0.05, 0) is 23.7 Å². The number of rotatable bonds is 4. The molecule has 0 amide bonds. The third-order valence-electron chi connectivity index (χ3n) is 5.47. The van der Waals surface area contributed by atoms with Crippen LogP contribution in [-0.4, -0.2) is 22.2 Å². The minimum atomic E-state index is -0.479. The third kappa shape index (κ3) is 4.03. The Morgan fingerprint density at radius 2 is 2.03 bits per heavy atom. The van der Waals surface area contributed by atoms with Gasteiger partial charge in [0.05, 0.1) is 11.6 Å². The van der Waals surface area contributed by atoms with Gasteiger partial charge in [0.2, 0.25) is 5.13 Å². The molecule has 6 nitrogen and oxygen atoms in total. The molecule has 0 bridgehead atoms. The molecule has 1 aromatic heterocycles. The van der Waals surface area contributed by atoms with Crippen molar-refractivity contribution in [2.24, 2.45) is 17.1 Å². The van der Waals surface area contributed by atoms with E-state index in [1.165, 1.54) is 23.1 Å². The van der Waals surface area contributed by atoms with E-state index in [9.17, 15) is 10.1 Å². The van der Waals surface area contributed by atoms with Crippen LogP contribution in [0, 0.1) is 22.7 Å². The van der Waals surface area contributed by atoms with Crippen molar-refractivity contribution in [3.8, 4) is 6.07 Å². The van der Waals surface area contributed by atoms with E-state index in [0.29, 0.717) is 34.9 Å². The molecule has 8 heteroatoms. The van der Waals surface area contributed by atoms with Gasteiger partial charge in [-0.15, -0.1) is 10.2 Å². The Balaban J connectivity index is 1.88. The Labute approximate surface area is 190 Å². The number of nitriles is 1. The summed E-state index contributed by atoms with van der Waals surface area (Å²) >= 11 is 2.90. The Hall–Kier alpha value is -2.89. The number of hydrogen-bond acceptors (Lipinski definition) is 8. The van der Waals surface area contributed by atoms with E-state index in [-0.39, 0.29) is 11.2 Å². The van der Waals surface area contributed by atoms with Gasteiger partial charge in [-0.3, -0.25) is 9.69 Å². The fourth-order valence-electron chi connectivity index (χ4n) is 4.11. The van der Waals surface area contributed by atoms with E-state index in [2.05, 4.69) is 30.1 Å². The van der Waals surface area contributed by atoms with Crippen LogP contribution in [0.15, 0.2) is 63.4 Å². The summed E-state index contributed by atoms with van der Waals surface area (Å²) in [6, 6.07) is 12.1. The highest BCUT2D eigenvalue weighted by atomic mass is 32.2. The van der Waals surface area contributed by atoms with Gasteiger partial charge < -0.3 is 5.73 Å². The molecule has 1 aliphatic heterocycles. The van der Waals surface area contributed by atoms with Gasteiger partial charge >= 0.3 is 0 Å². The van der Waals surface area contributed by atoms with Crippen LogP contribution in [0.3, 0.4) is 0 Å². The fraction of sp³-hybridized carbons (Fsp3) is 0.304. The zero-order valence-electron chi connectivity index (χ0n) is 17.6. The van der Waals surface area contributed by atoms with Crippen molar-refractivity contribution in [2.45, 2.75) is 31.0 Å². The fourth-order valence-corrected chi connectivity index (χ4v) is 5.41. The molecule has 1 atom stereocenters. The van der Waals surface area contributed by atoms with Crippen molar-refractivity contribution in [1.29, 1.82) is 5.26 Å². The molecular formula is C23H23N5OS2. The second-order valence-electron chi connectivity index (χ2n) is 8.35. The lowest BCUT2D eigenvalue weighted by Gasteiger charge is -2.41. The number of anilines is 1. The molecular weight excluding hydrogens is 426 g/mol. The predicted octanol–water partition coefficient (Wildman–Crippen LogP) is 4.75. The van der Waals surface area contributed by atoms with Gasteiger partial charge in [0.1, 0.15) is 5.82 Å². The maximum absolute atomic E-state index is 13.3. The number of allylic oxidation sites excluding steroid dienone is 4. The lowest BCUT2D eigenvalue weighted by molar-refractivity contribution is -0.118. The van der Waals surface area contributed by atoms with Gasteiger partial charge in [-0.1, -0.05) is 79.4 Å². The molecule has 2 aromatic rings. The van der Waals surface area contributed by atoms with E-state index in [1.807, 2.05) is 48.7 Å². The van der Waals surface area contributed by atoms with Gasteiger partial charge in [0.15, 0.2) is 10.1 Å². The predicted molar refractivity (Wildman–Crippen MR) is 125 cm³/mol. The lowest BCUT2D eigenvalue weighted by atomic mass is 9.70. The molecule has 1 unspecified atom stereocenters. The van der Waals surface area contributed by atoms with Crippen LogP contribution in [0.25, 0.3) is 6.08 Å². The van der Waals surface area contributed by atoms with Crippen LogP contribution in [0.4, 0.5) is 5.13 Å². The summed E-state index contributed by atoms with van der Waals surface area (Å²) in [6.45, 7) is 4.16. The van der Waals surface area contributed by atoms with Crippen molar-refractivity contribution < 1.29 is 4.79 Å². The summed E-state index contributed by atoms with van der Waals surface area (Å²) in [5.41, 5.74) is 9.17. The van der Waals surface area contributed by atoms with E-state index in [4.69, 9.17) is 5.73 Å². The maximum atomic E-state index is 13.3. The Morgan fingerprint density at radius 1 is 1.29 bits per heavy atom. The molecule has 4 rings (SSSR count). The van der Waals surface area contributed by atoms with Crippen LogP contribution in [0.2, 0.25) is 0 Å². The van der Waals surface area contributed by atoms with E-state index >= 15 is 0 Å². The monoisotopic (exact) mass is 449 g/mol. The molecule has 0 radical (unpaired) electrons. The second kappa shape index (κ2) is 8.33. The van der Waals surface area contributed by atoms with Crippen molar-refractivity contribution in [2.75, 3.05) is 11.2 Å². The van der Waals surface area contributed by atoms with Gasteiger partial charge in [-0.2, -0.15) is 5.26 Å². The minimum absolute atomic E-state index is 0.0498. The molecule has 0 saturated heterocycles. The van der Waals surface area contributed by atoms with Crippen molar-refractivity contribution >= 4 is 40.1 Å². The number of carbonyl (C=O) groups excluding carboxylic acids is 1. The number of Topliss-reactive ketones (excluding diaryl/α,β-unsaturated/α-hetero) is 1. The van der Waals surface area contributed by atoms with Crippen LogP contribution in [0.1, 0.15) is 32.3 Å². The number of nitrogens with two attached hydrogens (primary N) is 1. The zero-order valence-corrected chi connectivity index (χ0v) is 19.3. The summed E-state index contributed by atoms with van der Waals surface area (Å²) in [4.78, 5) is 15.1. The summed E-state index contributed by atoms with van der Waals surface area (Å²) in [5, 5.41) is 19.1. The smallest absolute Gasteiger partial charge is 0.219 e. The molecule has 0 saturated carbocycles. The molecule has 0 fully saturated rings. The van der Waals surface area contributed by atoms with Crippen LogP contribution < -0.4 is 10.6 Å². The number of ketones is 1. The lowest BCUT2D eigenvalue weighted by Crippen LogP contribution is -2.42. The van der Waals surface area contributed by atoms with Crippen LogP contribution in [0.5, 0.6) is 0 Å². The summed E-state index contributed by atoms with van der Waals surface area (Å²) in [7, 11) is 0. The molecule has 0 spiro atoms. The average molecular weight is 450 g/mol. The second-order valence-corrected chi connectivity index (χ2v) is 10.4. The standard InChI is InChI=1S/C23H23N5OS2/c1-23(2)11-17-19(18(29)12-23)15(10-9-14-7-5-4-6-8-14)16(13-24)20(25)28(17)21-26-27-22(30-3)31-21/h4-10,15H,11-12,25H2,1-3H3/b10-9+. The first-order valence-electron chi connectivity index (χ1n) is 9.91. The van der Waals surface area contributed by atoms with Gasteiger partial charge in [-0.25, -0.2) is 0 Å². The number of benzene rings is 1. The Morgan fingerprint density at radius 3 is 2.68 bits per heavy atom. The molecule has 2 heterocycles. The highest BCUT2D eigenvalue weighted by Crippen LogP contribution is 2.48. The molecule has 2 aliphatic rings. The van der Waals surface area contributed by atoms with Crippen LogP contribution in [-0.2, 0) is 4.79 Å². The van der Waals surface area contributed by atoms with E-state index in [0.717, 1.165) is 15.6 Å². The number of hydrogen-bond donors (Lipinski definition) is 1. The van der Waals surface area contributed by atoms with Crippen molar-refractivity contribution in [3.63, 3.8) is 0 Å². The number of thioether (sulfide) groups is 1. The van der Waals surface area contributed by atoms with Gasteiger partial charge in [0.25, 0.3) is 0 Å². The summed E-state index contributed by atoms with van der Waals surface area (Å²) < 4.78 is 0.802. The first-order valence-corrected chi connectivity index (χ1v) is 12.0. The number of aromatic nitrogens is 2. The quantitative estimate of drug-likeness (QED) is 0.673. The molecule has 2 N–H and O–H groups in total. The zero-order chi connectivity index (χ0) is 22.2. The normalized spacial score (nSPS) is 20.9. The highest BCUT2D eigenvalue weighted by molar-refractivity contribution is 8.00. The van der Waals surface area contributed by atoms with Crippen LogP contribution >= 0.6 is 23.1 Å². The largest absolute Gasteiger partial charge is 0.384 e. The van der Waals surface area contributed by atoms with Crippen molar-refractivity contribution in [3.05, 3.63) is 64.6 Å². The first kappa shape index (κ1) is 21.3. The molecule has 31 heavy (non-hydrogen) atoms. The Kier molecular flexibility index (Phi) is 5.73. The highest BCUT2D eigenvalue weighted by Gasteiger charge is 2.44. The minimum Gasteiger partial charge on any atom is -0.384 e. The summed E-state index contributed by atoms with van der Waals surface area (Å²) in [6.07, 6.45) is 6.89. The molecule has 1 aliphatic carbocycles. The number of nitrogens with zero attached hydrogens (tertiary/aromatic N) is 4. The van der Waals surface area contributed by atoms with Gasteiger partial charge in [0, 0.05) is 23.6 Å². The van der Waals surface area contributed by atoms with E-state index in [1.54, 1.807) is 4.90 Å². The maximum Gasteiger partial charge on any atom is 0.219 e. The summed E-state index contributed by atoms with van der Waals surface area (Å²) in [5.74, 6) is -0.111. The first-order chi connectivity index (χ1) is 14.8. The topological polar surface area (TPSA) is 95.9 Å². The SMILES string of the molecule is CSc1nnc(N2C(N)=C(C#N)C(/C=C/c3ccccc3)C3=C2CC(C)(C)CC3=O)s1. The molecule has 158 valence electrons. The third-order valence-corrected chi connectivity index (χ3v) is 7.35. The van der Waals surface area contributed by atoms with Crippen molar-refractivity contribution in [1.82, 2.24) is 10.2 Å².